The Bertz CT molecular complexity index is 1370. The first-order chi connectivity index (χ1) is 29.8. The quantitative estimate of drug-likeness (QED) is 0.0597. The first-order valence-electron chi connectivity index (χ1n) is 24.8. The number of hydrogen-bond acceptors (Lipinski definition) is 6. The van der Waals surface area contributed by atoms with Crippen molar-refractivity contribution < 1.29 is 14.4 Å². The van der Waals surface area contributed by atoms with Gasteiger partial charge in [-0.15, -0.1) is 18.9 Å². The molecule has 7 atom stereocenters. The molecule has 1 heterocycles. The molecule has 3 amide bonds. The fraction of sp³-hybridized carbons (Fsp3) is 0.759. The van der Waals surface area contributed by atoms with Gasteiger partial charge in [0.2, 0.25) is 17.7 Å². The number of hydrogen-bond donors (Lipinski definition) is 5. The molecule has 3 aliphatic carbocycles. The molecular formula is C54H100N6O3. The molecule has 3 saturated carbocycles. The predicted octanol–water partition coefficient (Wildman–Crippen LogP) is 11.2. The van der Waals surface area contributed by atoms with E-state index in [0.717, 1.165) is 49.9 Å². The van der Waals surface area contributed by atoms with E-state index in [2.05, 4.69) is 102 Å². The Labute approximate surface area is 389 Å². The Morgan fingerprint density at radius 1 is 0.937 bits per heavy atom. The number of carbonyl (C=O) groups excluding carboxylic acids is 3. The summed E-state index contributed by atoms with van der Waals surface area (Å²) in [6, 6.07) is 0.0828. The monoisotopic (exact) mass is 881 g/mol. The third kappa shape index (κ3) is 23.3. The highest BCUT2D eigenvalue weighted by Crippen LogP contribution is 2.67. The zero-order valence-electron chi connectivity index (χ0n) is 43.2. The normalized spacial score (nSPS) is 22.5. The minimum Gasteiger partial charge on any atom is -0.389 e. The maximum atomic E-state index is 13.0. The van der Waals surface area contributed by atoms with Crippen LogP contribution in [-0.4, -0.2) is 66.9 Å². The fourth-order valence-electron chi connectivity index (χ4n) is 9.32. The largest absolute Gasteiger partial charge is 0.389 e. The van der Waals surface area contributed by atoms with Crippen LogP contribution in [0.2, 0.25) is 0 Å². The lowest BCUT2D eigenvalue weighted by Crippen LogP contribution is -2.50. The lowest BCUT2D eigenvalue weighted by atomic mass is 9.83. The number of rotatable bonds is 16. The Kier molecular flexibility index (Phi) is 33.2. The predicted molar refractivity (Wildman–Crippen MR) is 273 cm³/mol. The highest BCUT2D eigenvalue weighted by atomic mass is 16.2. The van der Waals surface area contributed by atoms with Gasteiger partial charge in [0.25, 0.3) is 0 Å². The second-order valence-electron chi connectivity index (χ2n) is 19.1. The van der Waals surface area contributed by atoms with Crippen LogP contribution < -0.4 is 27.0 Å². The molecular weight excluding hydrogens is 781 g/mol. The van der Waals surface area contributed by atoms with E-state index in [1.165, 1.54) is 70.6 Å². The first-order valence-corrected chi connectivity index (χ1v) is 24.8. The van der Waals surface area contributed by atoms with Crippen LogP contribution in [0.25, 0.3) is 0 Å². The zero-order chi connectivity index (χ0) is 48.8. The highest BCUT2D eigenvalue weighted by molar-refractivity contribution is 5.95. The van der Waals surface area contributed by atoms with Crippen molar-refractivity contribution in [3.05, 3.63) is 49.9 Å². The smallest absolute Gasteiger partial charge is 0.248 e. The van der Waals surface area contributed by atoms with Crippen LogP contribution in [0.15, 0.2) is 49.9 Å². The second kappa shape index (κ2) is 33.9. The Balaban J connectivity index is 0. The molecule has 0 bridgehead atoms. The van der Waals surface area contributed by atoms with Crippen LogP contribution in [0.4, 0.5) is 0 Å². The molecule has 6 N–H and O–H groups in total. The SMILES string of the molecule is C#CCCC(NC(=O)C1[C@@H]2[C@H](CN1C=C)C2(C)CC)C(=C)C(=O)NC.C=C(C)NCCC1CCCCC1.C=CC.CC.CCC(N)C1CCCCC1.CCC(NC(C)=O)C(C)(C)C. The van der Waals surface area contributed by atoms with Crippen molar-refractivity contribution in [2.24, 2.45) is 40.2 Å². The summed E-state index contributed by atoms with van der Waals surface area (Å²) in [5, 5.41) is 11.8. The Hall–Kier alpha value is -3.51. The van der Waals surface area contributed by atoms with Crippen LogP contribution >= 0.6 is 0 Å². The summed E-state index contributed by atoms with van der Waals surface area (Å²) in [4.78, 5) is 37.7. The summed E-state index contributed by atoms with van der Waals surface area (Å²) < 4.78 is 0. The van der Waals surface area contributed by atoms with E-state index in [9.17, 15) is 14.4 Å². The van der Waals surface area contributed by atoms with E-state index in [-0.39, 0.29) is 34.6 Å². The van der Waals surface area contributed by atoms with Crippen LogP contribution in [0, 0.1) is 46.8 Å². The molecule has 4 rings (SSSR count). The zero-order valence-corrected chi connectivity index (χ0v) is 43.2. The maximum Gasteiger partial charge on any atom is 0.248 e. The van der Waals surface area contributed by atoms with Gasteiger partial charge < -0.3 is 31.9 Å². The molecule has 0 aromatic heterocycles. The molecule has 0 radical (unpaired) electrons. The number of likely N-dealkylation sites (N-methyl/N-ethyl adjacent to an activating group) is 1. The minimum atomic E-state index is -0.458. The van der Waals surface area contributed by atoms with Gasteiger partial charge in [-0.25, -0.2) is 0 Å². The van der Waals surface area contributed by atoms with E-state index in [4.69, 9.17) is 12.2 Å². The molecule has 4 aliphatic rings. The van der Waals surface area contributed by atoms with E-state index >= 15 is 0 Å². The molecule has 0 aromatic rings. The van der Waals surface area contributed by atoms with E-state index < -0.39 is 6.04 Å². The third-order valence-electron chi connectivity index (χ3n) is 13.4. The van der Waals surface area contributed by atoms with Crippen molar-refractivity contribution in [2.75, 3.05) is 20.1 Å². The summed E-state index contributed by atoms with van der Waals surface area (Å²) in [6.07, 6.45) is 28.7. The molecule has 5 unspecified atom stereocenters. The van der Waals surface area contributed by atoms with Crippen LogP contribution in [0.5, 0.6) is 0 Å². The molecule has 0 aromatic carbocycles. The lowest BCUT2D eigenvalue weighted by molar-refractivity contribution is -0.126. The molecule has 63 heavy (non-hydrogen) atoms. The molecule has 4 fully saturated rings. The number of nitrogens with one attached hydrogen (secondary N) is 4. The molecule has 1 aliphatic heterocycles. The van der Waals surface area contributed by atoms with Gasteiger partial charge in [0.05, 0.1) is 6.04 Å². The Morgan fingerprint density at radius 3 is 1.87 bits per heavy atom. The van der Waals surface area contributed by atoms with Gasteiger partial charge in [-0.05, 0) is 93.1 Å². The van der Waals surface area contributed by atoms with E-state index in [0.29, 0.717) is 42.3 Å². The molecule has 9 heteroatoms. The van der Waals surface area contributed by atoms with E-state index in [1.54, 1.807) is 26.2 Å². The molecule has 1 saturated heterocycles. The molecule has 0 spiro atoms. The van der Waals surface area contributed by atoms with Crippen LogP contribution in [-0.2, 0) is 14.4 Å². The molecule has 364 valence electrons. The van der Waals surface area contributed by atoms with Crippen molar-refractivity contribution in [1.82, 2.24) is 26.2 Å². The number of allylic oxidation sites excluding steroid dienone is 2. The summed E-state index contributed by atoms with van der Waals surface area (Å²) in [6.45, 7) is 41.5. The highest BCUT2D eigenvalue weighted by Gasteiger charge is 2.69. The lowest BCUT2D eigenvalue weighted by Gasteiger charge is -2.31. The van der Waals surface area contributed by atoms with Crippen LogP contribution in [0.1, 0.15) is 186 Å². The maximum absolute atomic E-state index is 13.0. The summed E-state index contributed by atoms with van der Waals surface area (Å²) in [7, 11) is 1.55. The second-order valence-corrected chi connectivity index (χ2v) is 19.1. The average molecular weight is 881 g/mol. The van der Waals surface area contributed by atoms with Gasteiger partial charge in [-0.1, -0.05) is 146 Å². The third-order valence-corrected chi connectivity index (χ3v) is 13.4. The topological polar surface area (TPSA) is 129 Å². The van der Waals surface area contributed by atoms with Crippen molar-refractivity contribution in [3.8, 4) is 12.3 Å². The first kappa shape index (κ1) is 61.6. The van der Waals surface area contributed by atoms with Crippen molar-refractivity contribution in [2.45, 2.75) is 210 Å². The van der Waals surface area contributed by atoms with Gasteiger partial charge >= 0.3 is 0 Å². The fourth-order valence-corrected chi connectivity index (χ4v) is 9.32. The number of carbonyl (C=O) groups is 3. The number of nitrogens with zero attached hydrogens (tertiary/aromatic N) is 1. The van der Waals surface area contributed by atoms with Gasteiger partial charge in [0.15, 0.2) is 0 Å². The van der Waals surface area contributed by atoms with Crippen LogP contribution in [0.3, 0.4) is 0 Å². The Morgan fingerprint density at radius 2 is 1.48 bits per heavy atom. The van der Waals surface area contributed by atoms with Crippen molar-refractivity contribution >= 4 is 17.7 Å². The molecule has 9 nitrogen and oxygen atoms in total. The summed E-state index contributed by atoms with van der Waals surface area (Å²) >= 11 is 0. The number of nitrogens with two attached hydrogens (primary N) is 1. The summed E-state index contributed by atoms with van der Waals surface area (Å²) in [5.41, 5.74) is 7.77. The number of terminal acetylenes is 1. The van der Waals surface area contributed by atoms with Gasteiger partial charge in [-0.2, -0.15) is 0 Å². The number of amides is 3. The number of fused-ring (bicyclic) bond motifs is 1. The number of piperidine rings is 1. The minimum absolute atomic E-state index is 0.0618. The van der Waals surface area contributed by atoms with Gasteiger partial charge in [0.1, 0.15) is 6.04 Å². The summed E-state index contributed by atoms with van der Waals surface area (Å²) in [5.74, 6) is 4.96. The van der Waals surface area contributed by atoms with Crippen molar-refractivity contribution in [1.29, 1.82) is 0 Å². The standard InChI is InChI=1S/C20H29N3O2.C11H21N.C9H19NO.C9H19N.C3H6.C2H6/c1-7-10-11-15(13(4)18(24)21-6)22-19(25)17-16-14(12-23(17)9-3)20(16,5)8-2;1-10(2)12-9-8-11-6-4-3-5-7-11;1-6-8(9(3,4)5)10-7(2)11;1-2-9(10)8-6-4-3-5-7-8;1-3-2;1-2/h1,9,14-17H,3-4,8,10-12H2,2,5-6H3,(H,21,24)(H,22,25);11-12H,1,3-9H2,2H3;8H,6H2,1-5H3,(H,10,11);8-9H,2-7,10H2,1H3;3H,1H2,2H3;1-2H3/t14-,15?,16-,17?,20?;;;;;/m0...../s1. The van der Waals surface area contributed by atoms with Gasteiger partial charge in [-0.3, -0.25) is 14.4 Å². The average Bonchev–Trinajstić information content (AvgIpc) is 3.61. The van der Waals surface area contributed by atoms with Gasteiger partial charge in [0, 0.05) is 56.8 Å². The van der Waals surface area contributed by atoms with E-state index in [1.807, 2.05) is 32.6 Å². The number of likely N-dealkylation sites (tertiary alicyclic amines) is 1. The van der Waals surface area contributed by atoms with Crippen molar-refractivity contribution in [3.63, 3.8) is 0 Å².